The highest BCUT2D eigenvalue weighted by Crippen LogP contribution is 2.30. The summed E-state index contributed by atoms with van der Waals surface area (Å²) in [6.45, 7) is 0.686. The highest BCUT2D eigenvalue weighted by molar-refractivity contribution is 7.00. The van der Waals surface area contributed by atoms with Crippen LogP contribution in [-0.2, 0) is 6.54 Å². The number of H-pyrrole nitrogens is 1. The maximum Gasteiger partial charge on any atom is 0.129 e. The molecule has 0 spiro atoms. The number of hydrogen-bond acceptors (Lipinski definition) is 4. The van der Waals surface area contributed by atoms with Gasteiger partial charge in [-0.05, 0) is 29.8 Å². The summed E-state index contributed by atoms with van der Waals surface area (Å²) in [6.07, 6.45) is 1.95. The lowest BCUT2D eigenvalue weighted by molar-refractivity contribution is 1.17. The molecule has 0 unspecified atom stereocenters. The predicted molar refractivity (Wildman–Crippen MR) is 88.1 cm³/mol. The first-order valence-electron chi connectivity index (χ1n) is 6.52. The van der Waals surface area contributed by atoms with Crippen molar-refractivity contribution >= 4 is 51.0 Å². The standard InChI is InChI=1S/C15H11ClN4S/c16-11-4-5-13-15(20-21-19-13)14(11)18-8-9-2-1-3-12-10(9)6-7-17-12/h1-7,17-18H,8H2. The van der Waals surface area contributed by atoms with Crippen molar-refractivity contribution in [2.24, 2.45) is 0 Å². The van der Waals surface area contributed by atoms with E-state index in [2.05, 4.69) is 37.2 Å². The molecule has 2 N–H and O–H groups in total. The Hall–Kier alpha value is -2.11. The van der Waals surface area contributed by atoms with Crippen molar-refractivity contribution in [1.82, 2.24) is 13.7 Å². The number of fused-ring (bicyclic) bond motifs is 2. The molecule has 21 heavy (non-hydrogen) atoms. The first-order valence-corrected chi connectivity index (χ1v) is 7.63. The zero-order valence-corrected chi connectivity index (χ0v) is 12.5. The van der Waals surface area contributed by atoms with Gasteiger partial charge < -0.3 is 10.3 Å². The fourth-order valence-electron chi connectivity index (χ4n) is 2.48. The van der Waals surface area contributed by atoms with Crippen LogP contribution in [0.5, 0.6) is 0 Å². The van der Waals surface area contributed by atoms with Crippen LogP contribution in [0, 0.1) is 0 Å². The van der Waals surface area contributed by atoms with E-state index in [0.29, 0.717) is 11.6 Å². The molecule has 0 atom stereocenters. The lowest BCUT2D eigenvalue weighted by Gasteiger charge is -2.09. The van der Waals surface area contributed by atoms with Crippen LogP contribution in [0.15, 0.2) is 42.6 Å². The summed E-state index contributed by atoms with van der Waals surface area (Å²) in [6, 6.07) is 12.0. The number of nitrogens with zero attached hydrogens (tertiary/aromatic N) is 2. The van der Waals surface area contributed by atoms with E-state index in [9.17, 15) is 0 Å². The Labute approximate surface area is 130 Å². The summed E-state index contributed by atoms with van der Waals surface area (Å²) < 4.78 is 8.57. The highest BCUT2D eigenvalue weighted by atomic mass is 35.5. The molecule has 0 radical (unpaired) electrons. The van der Waals surface area contributed by atoms with Crippen LogP contribution in [0.3, 0.4) is 0 Å². The zero-order valence-electron chi connectivity index (χ0n) is 10.9. The van der Waals surface area contributed by atoms with Gasteiger partial charge in [0, 0.05) is 23.6 Å². The monoisotopic (exact) mass is 314 g/mol. The second-order valence-electron chi connectivity index (χ2n) is 4.76. The molecule has 4 aromatic rings. The fraction of sp³-hybridized carbons (Fsp3) is 0.0667. The summed E-state index contributed by atoms with van der Waals surface area (Å²) in [5, 5.41) is 5.27. The average Bonchev–Trinajstić information content (AvgIpc) is 3.14. The lowest BCUT2D eigenvalue weighted by atomic mass is 10.1. The molecule has 2 aromatic heterocycles. The molecule has 6 heteroatoms. The summed E-state index contributed by atoms with van der Waals surface area (Å²) in [4.78, 5) is 3.22. The minimum absolute atomic E-state index is 0.663. The number of aromatic nitrogens is 3. The van der Waals surface area contributed by atoms with Crippen LogP contribution in [0.2, 0.25) is 5.02 Å². The van der Waals surface area contributed by atoms with Crippen molar-refractivity contribution in [2.45, 2.75) is 6.54 Å². The Kier molecular flexibility index (Phi) is 3.02. The molecule has 2 heterocycles. The third-order valence-electron chi connectivity index (χ3n) is 3.52. The molecule has 0 saturated carbocycles. The predicted octanol–water partition coefficient (Wildman–Crippen LogP) is 4.44. The van der Waals surface area contributed by atoms with Crippen molar-refractivity contribution in [1.29, 1.82) is 0 Å². The third kappa shape index (κ3) is 2.14. The molecule has 2 aromatic carbocycles. The van der Waals surface area contributed by atoms with Gasteiger partial charge in [-0.2, -0.15) is 8.75 Å². The number of nitrogens with one attached hydrogen (secondary N) is 2. The SMILES string of the molecule is Clc1ccc2nsnc2c1NCc1cccc2[nH]ccc12. The summed E-state index contributed by atoms with van der Waals surface area (Å²) in [7, 11) is 0. The van der Waals surface area contributed by atoms with E-state index in [1.54, 1.807) is 0 Å². The molecular formula is C15H11ClN4S. The maximum absolute atomic E-state index is 6.29. The first-order chi connectivity index (χ1) is 10.3. The minimum atomic E-state index is 0.663. The van der Waals surface area contributed by atoms with Gasteiger partial charge in [0.15, 0.2) is 0 Å². The van der Waals surface area contributed by atoms with Crippen molar-refractivity contribution in [3.63, 3.8) is 0 Å². The van der Waals surface area contributed by atoms with Crippen molar-refractivity contribution in [3.05, 3.63) is 53.2 Å². The number of benzene rings is 2. The molecule has 0 fully saturated rings. The number of hydrogen-bond donors (Lipinski definition) is 2. The van der Waals surface area contributed by atoms with Crippen molar-refractivity contribution < 1.29 is 0 Å². The molecule has 0 aliphatic carbocycles. The Morgan fingerprint density at radius 1 is 1.14 bits per heavy atom. The summed E-state index contributed by atoms with van der Waals surface area (Å²) in [5.41, 5.74) is 4.88. The van der Waals surface area contributed by atoms with Gasteiger partial charge in [0.2, 0.25) is 0 Å². The zero-order chi connectivity index (χ0) is 14.2. The molecule has 4 nitrogen and oxygen atoms in total. The third-order valence-corrected chi connectivity index (χ3v) is 4.38. The quantitative estimate of drug-likeness (QED) is 0.588. The van der Waals surface area contributed by atoms with E-state index in [1.807, 2.05) is 24.4 Å². The second-order valence-corrected chi connectivity index (χ2v) is 5.70. The Bertz CT molecular complexity index is 928. The normalized spacial score (nSPS) is 11.3. The lowest BCUT2D eigenvalue weighted by Crippen LogP contribution is -2.01. The van der Waals surface area contributed by atoms with E-state index in [-0.39, 0.29) is 0 Å². The largest absolute Gasteiger partial charge is 0.378 e. The topological polar surface area (TPSA) is 53.6 Å². The van der Waals surface area contributed by atoms with Gasteiger partial charge in [-0.3, -0.25) is 0 Å². The summed E-state index contributed by atoms with van der Waals surface area (Å²) >= 11 is 7.49. The van der Waals surface area contributed by atoms with E-state index in [1.165, 1.54) is 22.7 Å². The summed E-state index contributed by atoms with van der Waals surface area (Å²) in [5.74, 6) is 0. The van der Waals surface area contributed by atoms with Crippen LogP contribution in [0.1, 0.15) is 5.56 Å². The van der Waals surface area contributed by atoms with E-state index in [4.69, 9.17) is 11.6 Å². The fourth-order valence-corrected chi connectivity index (χ4v) is 3.25. The molecule has 0 bridgehead atoms. The van der Waals surface area contributed by atoms with Gasteiger partial charge in [0.25, 0.3) is 0 Å². The number of rotatable bonds is 3. The smallest absolute Gasteiger partial charge is 0.129 e. The van der Waals surface area contributed by atoms with Gasteiger partial charge in [-0.25, -0.2) is 0 Å². The molecule has 0 amide bonds. The van der Waals surface area contributed by atoms with Crippen molar-refractivity contribution in [3.8, 4) is 0 Å². The van der Waals surface area contributed by atoms with Crippen LogP contribution >= 0.6 is 23.3 Å². The van der Waals surface area contributed by atoms with E-state index < -0.39 is 0 Å². The Balaban J connectivity index is 1.71. The van der Waals surface area contributed by atoms with Gasteiger partial charge in [-0.1, -0.05) is 23.7 Å². The van der Waals surface area contributed by atoms with Crippen LogP contribution in [0.25, 0.3) is 21.9 Å². The van der Waals surface area contributed by atoms with E-state index in [0.717, 1.165) is 22.2 Å². The average molecular weight is 315 g/mol. The van der Waals surface area contributed by atoms with Gasteiger partial charge in [-0.15, -0.1) is 0 Å². The Morgan fingerprint density at radius 2 is 2.10 bits per heavy atom. The first kappa shape index (κ1) is 12.6. The number of halogens is 1. The Morgan fingerprint density at radius 3 is 3.05 bits per heavy atom. The van der Waals surface area contributed by atoms with Gasteiger partial charge in [0.1, 0.15) is 11.0 Å². The maximum atomic E-state index is 6.29. The number of aromatic amines is 1. The molecule has 0 aliphatic rings. The van der Waals surface area contributed by atoms with Crippen LogP contribution in [0.4, 0.5) is 5.69 Å². The van der Waals surface area contributed by atoms with Gasteiger partial charge >= 0.3 is 0 Å². The van der Waals surface area contributed by atoms with E-state index >= 15 is 0 Å². The molecule has 4 rings (SSSR count). The highest BCUT2D eigenvalue weighted by Gasteiger charge is 2.10. The molecule has 0 saturated heterocycles. The molecule has 104 valence electrons. The number of anilines is 1. The minimum Gasteiger partial charge on any atom is -0.378 e. The molecule has 0 aliphatic heterocycles. The van der Waals surface area contributed by atoms with Crippen molar-refractivity contribution in [2.75, 3.05) is 5.32 Å². The molecular weight excluding hydrogens is 304 g/mol. The second kappa shape index (κ2) is 5.02. The van der Waals surface area contributed by atoms with Crippen LogP contribution in [-0.4, -0.2) is 13.7 Å². The van der Waals surface area contributed by atoms with Crippen LogP contribution < -0.4 is 5.32 Å². The van der Waals surface area contributed by atoms with Gasteiger partial charge in [0.05, 0.1) is 22.4 Å².